The second-order valence-electron chi connectivity index (χ2n) is 9.35. The van der Waals surface area contributed by atoms with Gasteiger partial charge in [-0.25, -0.2) is 18.7 Å². The molecule has 0 aliphatic rings. The molecule has 0 aliphatic carbocycles. The van der Waals surface area contributed by atoms with Crippen LogP contribution in [0.15, 0.2) is 47.7 Å². The number of ether oxygens (including phenoxy) is 1. The quantitative estimate of drug-likeness (QED) is 0.351. The lowest BCUT2D eigenvalue weighted by Gasteiger charge is -2.18. The number of aromatic nitrogens is 5. The highest BCUT2D eigenvalue weighted by molar-refractivity contribution is 6.31. The minimum Gasteiger partial charge on any atom is -0.485 e. The molecule has 0 saturated carbocycles. The summed E-state index contributed by atoms with van der Waals surface area (Å²) in [6.45, 7) is 9.31. The van der Waals surface area contributed by atoms with Gasteiger partial charge in [-0.3, -0.25) is 19.3 Å². The van der Waals surface area contributed by atoms with Crippen LogP contribution in [0.4, 0.5) is 8.78 Å². The Labute approximate surface area is 211 Å². The van der Waals surface area contributed by atoms with Crippen molar-refractivity contribution in [3.8, 4) is 22.8 Å². The Morgan fingerprint density at radius 3 is 2.47 bits per heavy atom. The van der Waals surface area contributed by atoms with Crippen molar-refractivity contribution in [2.24, 2.45) is 0 Å². The molecule has 4 rings (SSSR count). The van der Waals surface area contributed by atoms with E-state index in [1.165, 1.54) is 4.57 Å². The molecule has 186 valence electrons. The first-order valence-corrected chi connectivity index (χ1v) is 11.5. The van der Waals surface area contributed by atoms with Crippen LogP contribution >= 0.6 is 11.6 Å². The van der Waals surface area contributed by atoms with Gasteiger partial charge >= 0.3 is 0 Å². The van der Waals surface area contributed by atoms with Crippen molar-refractivity contribution >= 4 is 11.6 Å². The van der Waals surface area contributed by atoms with Crippen molar-refractivity contribution in [2.75, 3.05) is 0 Å². The highest BCUT2D eigenvalue weighted by Crippen LogP contribution is 2.28. The standard InChI is InChI=1S/C26H24ClF2N5O2/c1-14-11-31-19(18-6-7-30-25(33-18)26(3,4)5)10-21(14)34-15(2)8-22(23(27)24(34)35)36-13-20-17(29)9-16(28)12-32-20/h6-12H,13H2,1-5H3. The minimum absolute atomic E-state index is 0.0680. The zero-order chi connectivity index (χ0) is 26.2. The smallest absolute Gasteiger partial charge is 0.277 e. The van der Waals surface area contributed by atoms with Crippen LogP contribution in [0, 0.1) is 25.5 Å². The Morgan fingerprint density at radius 2 is 1.78 bits per heavy atom. The van der Waals surface area contributed by atoms with Gasteiger partial charge < -0.3 is 4.74 Å². The van der Waals surface area contributed by atoms with Crippen LogP contribution in [-0.2, 0) is 12.0 Å². The molecule has 0 unspecified atom stereocenters. The van der Waals surface area contributed by atoms with E-state index in [0.29, 0.717) is 34.7 Å². The van der Waals surface area contributed by atoms with Crippen molar-refractivity contribution in [2.45, 2.75) is 46.6 Å². The van der Waals surface area contributed by atoms with Gasteiger partial charge in [0.1, 0.15) is 34.7 Å². The highest BCUT2D eigenvalue weighted by Gasteiger charge is 2.20. The van der Waals surface area contributed by atoms with Gasteiger partial charge in [0.25, 0.3) is 5.56 Å². The van der Waals surface area contributed by atoms with E-state index in [0.717, 1.165) is 11.8 Å². The molecule has 7 nitrogen and oxygen atoms in total. The number of rotatable bonds is 5. The minimum atomic E-state index is -0.851. The summed E-state index contributed by atoms with van der Waals surface area (Å²) >= 11 is 6.36. The SMILES string of the molecule is Cc1cnc(-c2ccnc(C(C)(C)C)n2)cc1-n1c(C)cc(OCc2ncc(F)cc2F)c(Cl)c1=O. The fourth-order valence-electron chi connectivity index (χ4n) is 3.54. The molecule has 4 aromatic heterocycles. The zero-order valence-electron chi connectivity index (χ0n) is 20.4. The zero-order valence-corrected chi connectivity index (χ0v) is 21.2. The largest absolute Gasteiger partial charge is 0.485 e. The van der Waals surface area contributed by atoms with Crippen LogP contribution in [0.5, 0.6) is 5.75 Å². The number of nitrogens with zero attached hydrogens (tertiary/aromatic N) is 5. The fourth-order valence-corrected chi connectivity index (χ4v) is 3.73. The van der Waals surface area contributed by atoms with Crippen molar-refractivity contribution in [3.63, 3.8) is 0 Å². The van der Waals surface area contributed by atoms with Gasteiger partial charge in [-0.15, -0.1) is 0 Å². The molecule has 10 heteroatoms. The van der Waals surface area contributed by atoms with E-state index in [-0.39, 0.29) is 28.5 Å². The molecule has 0 N–H and O–H groups in total. The fraction of sp³-hybridized carbons (Fsp3) is 0.269. The molecule has 4 heterocycles. The van der Waals surface area contributed by atoms with Gasteiger partial charge in [0.15, 0.2) is 5.82 Å². The van der Waals surface area contributed by atoms with Crippen LogP contribution in [-0.4, -0.2) is 24.5 Å². The average Bonchev–Trinajstić information content (AvgIpc) is 2.82. The highest BCUT2D eigenvalue weighted by atomic mass is 35.5. The molecule has 0 saturated heterocycles. The molecule has 36 heavy (non-hydrogen) atoms. The number of pyridine rings is 3. The number of aryl methyl sites for hydroxylation is 2. The summed E-state index contributed by atoms with van der Waals surface area (Å²) in [7, 11) is 0. The average molecular weight is 512 g/mol. The number of halogens is 3. The predicted molar refractivity (Wildman–Crippen MR) is 133 cm³/mol. The van der Waals surface area contributed by atoms with Crippen molar-refractivity contribution in [1.29, 1.82) is 0 Å². The first-order valence-electron chi connectivity index (χ1n) is 11.1. The van der Waals surface area contributed by atoms with Crippen molar-refractivity contribution in [1.82, 2.24) is 24.5 Å². The van der Waals surface area contributed by atoms with E-state index in [9.17, 15) is 13.6 Å². The Morgan fingerprint density at radius 1 is 1.03 bits per heavy atom. The number of hydrogen-bond donors (Lipinski definition) is 0. The van der Waals surface area contributed by atoms with Crippen LogP contribution in [0.25, 0.3) is 17.1 Å². The molecule has 0 amide bonds. The van der Waals surface area contributed by atoms with Crippen LogP contribution < -0.4 is 10.3 Å². The van der Waals surface area contributed by atoms with Crippen molar-refractivity contribution < 1.29 is 13.5 Å². The Kier molecular flexibility index (Phi) is 6.86. The van der Waals surface area contributed by atoms with Gasteiger partial charge in [-0.05, 0) is 31.5 Å². The molecule has 0 spiro atoms. The topological polar surface area (TPSA) is 82.8 Å². The molecule has 0 fully saturated rings. The van der Waals surface area contributed by atoms with Gasteiger partial charge in [0.2, 0.25) is 0 Å². The molecule has 0 aromatic carbocycles. The summed E-state index contributed by atoms with van der Waals surface area (Å²) in [5.74, 6) is -0.903. The Balaban J connectivity index is 1.72. The lowest BCUT2D eigenvalue weighted by molar-refractivity contribution is 0.292. The third-order valence-electron chi connectivity index (χ3n) is 5.45. The summed E-state index contributed by atoms with van der Waals surface area (Å²) in [4.78, 5) is 30.5. The molecular formula is C26H24ClF2N5O2. The van der Waals surface area contributed by atoms with Gasteiger partial charge in [-0.1, -0.05) is 32.4 Å². The summed E-state index contributed by atoms with van der Waals surface area (Å²) < 4.78 is 34.0. The van der Waals surface area contributed by atoms with Gasteiger partial charge in [-0.2, -0.15) is 0 Å². The summed E-state index contributed by atoms with van der Waals surface area (Å²) in [5, 5.41) is -0.182. The maximum Gasteiger partial charge on any atom is 0.277 e. The molecule has 0 radical (unpaired) electrons. The lowest BCUT2D eigenvalue weighted by atomic mass is 9.95. The van der Waals surface area contributed by atoms with Gasteiger partial charge in [0.05, 0.1) is 23.3 Å². The maximum atomic E-state index is 13.9. The molecule has 0 bridgehead atoms. The summed E-state index contributed by atoms with van der Waals surface area (Å²) in [6, 6.07) is 5.82. The molecule has 0 atom stereocenters. The molecular weight excluding hydrogens is 488 g/mol. The van der Waals surface area contributed by atoms with Crippen LogP contribution in [0.1, 0.15) is 43.5 Å². The van der Waals surface area contributed by atoms with Crippen LogP contribution in [0.3, 0.4) is 0 Å². The van der Waals surface area contributed by atoms with Gasteiger partial charge in [0, 0.05) is 35.6 Å². The first-order chi connectivity index (χ1) is 17.0. The lowest BCUT2D eigenvalue weighted by Crippen LogP contribution is -2.23. The predicted octanol–water partition coefficient (Wildman–Crippen LogP) is 5.51. The molecule has 0 aliphatic heterocycles. The second kappa shape index (κ2) is 9.73. The van der Waals surface area contributed by atoms with E-state index in [4.69, 9.17) is 16.3 Å². The maximum absolute atomic E-state index is 13.9. The second-order valence-corrected chi connectivity index (χ2v) is 9.72. The monoisotopic (exact) mass is 511 g/mol. The summed E-state index contributed by atoms with van der Waals surface area (Å²) in [5.41, 5.74) is 2.19. The Hall–Kier alpha value is -3.72. The number of hydrogen-bond acceptors (Lipinski definition) is 6. The van der Waals surface area contributed by atoms with E-state index in [2.05, 4.69) is 19.9 Å². The molecule has 4 aromatic rings. The normalized spacial score (nSPS) is 11.6. The van der Waals surface area contributed by atoms with E-state index >= 15 is 0 Å². The third-order valence-corrected chi connectivity index (χ3v) is 5.80. The van der Waals surface area contributed by atoms with Crippen LogP contribution in [0.2, 0.25) is 5.02 Å². The van der Waals surface area contributed by atoms with E-state index < -0.39 is 17.2 Å². The van der Waals surface area contributed by atoms with E-state index in [1.807, 2.05) is 27.7 Å². The first kappa shape index (κ1) is 25.4. The summed E-state index contributed by atoms with van der Waals surface area (Å²) in [6.07, 6.45) is 4.23. The third kappa shape index (κ3) is 5.11. The van der Waals surface area contributed by atoms with Crippen molar-refractivity contribution in [3.05, 3.63) is 92.6 Å². The van der Waals surface area contributed by atoms with E-state index in [1.54, 1.807) is 37.5 Å². The Bertz CT molecular complexity index is 1520.